The van der Waals surface area contributed by atoms with Gasteiger partial charge in [-0.3, -0.25) is 4.79 Å². The average Bonchev–Trinajstić information content (AvgIpc) is 3.06. The van der Waals surface area contributed by atoms with Gasteiger partial charge in [-0.05, 0) is 68.7 Å². The Kier molecular flexibility index (Phi) is 6.14. The number of ether oxygens (including phenoxy) is 1. The van der Waals surface area contributed by atoms with Crippen LogP contribution in [0.3, 0.4) is 0 Å². The highest BCUT2D eigenvalue weighted by Gasteiger charge is 2.17. The van der Waals surface area contributed by atoms with Crippen molar-refractivity contribution in [3.05, 3.63) is 72.1 Å². The number of para-hydroxylation sites is 2. The van der Waals surface area contributed by atoms with Crippen LogP contribution in [0.15, 0.2) is 55.1 Å². The van der Waals surface area contributed by atoms with Gasteiger partial charge in [-0.1, -0.05) is 24.8 Å². The summed E-state index contributed by atoms with van der Waals surface area (Å²) in [6, 6.07) is 14.0. The second kappa shape index (κ2) is 8.74. The molecule has 146 valence electrons. The zero-order valence-electron chi connectivity index (χ0n) is 16.7. The largest absolute Gasteiger partial charge is 0.494 e. The van der Waals surface area contributed by atoms with E-state index < -0.39 is 0 Å². The van der Waals surface area contributed by atoms with E-state index in [1.54, 1.807) is 0 Å². The molecule has 3 aromatic rings. The molecule has 0 saturated carbocycles. The Bertz CT molecular complexity index is 991. The molecular weight excluding hydrogens is 350 g/mol. The van der Waals surface area contributed by atoms with Gasteiger partial charge in [0.2, 0.25) is 5.91 Å². The summed E-state index contributed by atoms with van der Waals surface area (Å²) in [7, 11) is 0. The minimum absolute atomic E-state index is 0.204. The molecule has 0 fully saturated rings. The van der Waals surface area contributed by atoms with Crippen LogP contribution in [0.4, 0.5) is 0 Å². The number of rotatable bonds is 8. The van der Waals surface area contributed by atoms with E-state index in [1.165, 1.54) is 17.2 Å². The van der Waals surface area contributed by atoms with E-state index in [2.05, 4.69) is 48.5 Å². The molecule has 0 aliphatic carbocycles. The Hall–Kier alpha value is -3.08. The van der Waals surface area contributed by atoms with Gasteiger partial charge in [0, 0.05) is 6.54 Å². The van der Waals surface area contributed by atoms with Crippen LogP contribution >= 0.6 is 0 Å². The van der Waals surface area contributed by atoms with Crippen LogP contribution in [0.25, 0.3) is 11.0 Å². The first-order valence-electron chi connectivity index (χ1n) is 9.57. The second-order valence-corrected chi connectivity index (χ2v) is 6.99. The molecule has 1 amide bonds. The molecule has 0 bridgehead atoms. The fourth-order valence-electron chi connectivity index (χ4n) is 3.21. The summed E-state index contributed by atoms with van der Waals surface area (Å²) in [5, 5.41) is 2.90. The fraction of sp³-hybridized carbons (Fsp3) is 0.304. The maximum atomic E-state index is 11.7. The van der Waals surface area contributed by atoms with Gasteiger partial charge in [-0.2, -0.15) is 0 Å². The molecule has 2 aromatic carbocycles. The van der Waals surface area contributed by atoms with E-state index in [4.69, 9.17) is 9.72 Å². The average molecular weight is 377 g/mol. The number of carbonyl (C=O) groups is 1. The van der Waals surface area contributed by atoms with E-state index >= 15 is 0 Å². The zero-order chi connectivity index (χ0) is 20.1. The van der Waals surface area contributed by atoms with Gasteiger partial charge in [0.1, 0.15) is 11.6 Å². The van der Waals surface area contributed by atoms with Gasteiger partial charge < -0.3 is 14.6 Å². The Balaban J connectivity index is 1.72. The standard InChI is InChI=1S/C23H27N3O2/c1-5-22(27)24-18(4)23-25-20-9-6-7-10-21(20)26(23)13-8-14-28-19-12-11-16(2)17(3)15-19/h5-7,9-12,15,18H,1,8,13-14H2,2-4H3,(H,24,27). The predicted octanol–water partition coefficient (Wildman–Crippen LogP) is 4.49. The molecule has 0 spiro atoms. The van der Waals surface area contributed by atoms with Crippen molar-refractivity contribution in [1.29, 1.82) is 0 Å². The monoisotopic (exact) mass is 377 g/mol. The van der Waals surface area contributed by atoms with Crippen molar-refractivity contribution in [2.75, 3.05) is 6.61 Å². The molecule has 0 radical (unpaired) electrons. The summed E-state index contributed by atoms with van der Waals surface area (Å²) in [6.45, 7) is 11.0. The Morgan fingerprint density at radius 3 is 2.79 bits per heavy atom. The number of nitrogens with one attached hydrogen (secondary N) is 1. The van der Waals surface area contributed by atoms with Gasteiger partial charge in [0.15, 0.2) is 0 Å². The molecule has 5 nitrogen and oxygen atoms in total. The number of carbonyl (C=O) groups excluding carboxylic acids is 1. The fourth-order valence-corrected chi connectivity index (χ4v) is 3.21. The summed E-state index contributed by atoms with van der Waals surface area (Å²) in [5.41, 5.74) is 4.47. The lowest BCUT2D eigenvalue weighted by Crippen LogP contribution is -2.27. The van der Waals surface area contributed by atoms with E-state index in [-0.39, 0.29) is 11.9 Å². The highest BCUT2D eigenvalue weighted by atomic mass is 16.5. The minimum Gasteiger partial charge on any atom is -0.494 e. The van der Waals surface area contributed by atoms with Crippen molar-refractivity contribution >= 4 is 16.9 Å². The molecule has 0 aliphatic rings. The minimum atomic E-state index is -0.210. The predicted molar refractivity (Wildman–Crippen MR) is 113 cm³/mol. The van der Waals surface area contributed by atoms with Crippen molar-refractivity contribution in [3.63, 3.8) is 0 Å². The molecule has 0 saturated heterocycles. The third-order valence-electron chi connectivity index (χ3n) is 4.89. The first-order valence-corrected chi connectivity index (χ1v) is 9.57. The number of hydrogen-bond acceptors (Lipinski definition) is 3. The number of hydrogen-bond donors (Lipinski definition) is 1. The Morgan fingerprint density at radius 2 is 2.04 bits per heavy atom. The SMILES string of the molecule is C=CC(=O)NC(C)c1nc2ccccc2n1CCCOc1ccc(C)c(C)c1. The van der Waals surface area contributed by atoms with Crippen LogP contribution < -0.4 is 10.1 Å². The lowest BCUT2D eigenvalue weighted by Gasteiger charge is -2.16. The lowest BCUT2D eigenvalue weighted by atomic mass is 10.1. The van der Waals surface area contributed by atoms with E-state index in [0.29, 0.717) is 6.61 Å². The van der Waals surface area contributed by atoms with Crippen molar-refractivity contribution < 1.29 is 9.53 Å². The molecule has 0 aliphatic heterocycles. The zero-order valence-corrected chi connectivity index (χ0v) is 16.7. The normalized spacial score (nSPS) is 12.0. The third-order valence-corrected chi connectivity index (χ3v) is 4.89. The quantitative estimate of drug-likeness (QED) is 0.465. The Morgan fingerprint density at radius 1 is 1.25 bits per heavy atom. The van der Waals surface area contributed by atoms with Gasteiger partial charge >= 0.3 is 0 Å². The first kappa shape index (κ1) is 19.7. The summed E-state index contributed by atoms with van der Waals surface area (Å²) >= 11 is 0. The van der Waals surface area contributed by atoms with E-state index in [9.17, 15) is 4.79 Å². The maximum absolute atomic E-state index is 11.7. The number of imidazole rings is 1. The summed E-state index contributed by atoms with van der Waals surface area (Å²) in [5.74, 6) is 1.53. The van der Waals surface area contributed by atoms with E-state index in [0.717, 1.165) is 35.6 Å². The number of fused-ring (bicyclic) bond motifs is 1. The van der Waals surface area contributed by atoms with Crippen LogP contribution in [-0.2, 0) is 11.3 Å². The second-order valence-electron chi connectivity index (χ2n) is 6.99. The number of aryl methyl sites for hydroxylation is 3. The molecule has 1 heterocycles. The van der Waals surface area contributed by atoms with Crippen molar-refractivity contribution in [1.82, 2.24) is 14.9 Å². The molecule has 1 N–H and O–H groups in total. The number of amides is 1. The van der Waals surface area contributed by atoms with Gasteiger partial charge in [-0.15, -0.1) is 0 Å². The van der Waals surface area contributed by atoms with Gasteiger partial charge in [0.25, 0.3) is 0 Å². The molecule has 1 aromatic heterocycles. The smallest absolute Gasteiger partial charge is 0.243 e. The third kappa shape index (κ3) is 4.42. The van der Waals surface area contributed by atoms with E-state index in [1.807, 2.05) is 31.2 Å². The molecule has 5 heteroatoms. The molecule has 1 unspecified atom stereocenters. The first-order chi connectivity index (χ1) is 13.5. The lowest BCUT2D eigenvalue weighted by molar-refractivity contribution is -0.117. The molecule has 1 atom stereocenters. The highest BCUT2D eigenvalue weighted by molar-refractivity contribution is 5.87. The summed E-state index contributed by atoms with van der Waals surface area (Å²) < 4.78 is 8.08. The number of aromatic nitrogens is 2. The van der Waals surface area contributed by atoms with Crippen LogP contribution in [0.2, 0.25) is 0 Å². The Labute approximate surface area is 166 Å². The molecule has 28 heavy (non-hydrogen) atoms. The highest BCUT2D eigenvalue weighted by Crippen LogP contribution is 2.22. The van der Waals surface area contributed by atoms with Crippen molar-refractivity contribution in [2.24, 2.45) is 0 Å². The van der Waals surface area contributed by atoms with Gasteiger partial charge in [-0.25, -0.2) is 4.98 Å². The summed E-state index contributed by atoms with van der Waals surface area (Å²) in [6.07, 6.45) is 2.11. The number of nitrogens with zero attached hydrogens (tertiary/aromatic N) is 2. The van der Waals surface area contributed by atoms with Crippen LogP contribution in [0, 0.1) is 13.8 Å². The number of benzene rings is 2. The van der Waals surface area contributed by atoms with Crippen LogP contribution in [0.5, 0.6) is 5.75 Å². The van der Waals surface area contributed by atoms with Crippen molar-refractivity contribution in [2.45, 2.75) is 39.8 Å². The topological polar surface area (TPSA) is 56.2 Å². The molecule has 3 rings (SSSR count). The summed E-state index contributed by atoms with van der Waals surface area (Å²) in [4.78, 5) is 16.4. The maximum Gasteiger partial charge on any atom is 0.243 e. The van der Waals surface area contributed by atoms with Gasteiger partial charge in [0.05, 0.1) is 23.7 Å². The van der Waals surface area contributed by atoms with Crippen LogP contribution in [-0.4, -0.2) is 22.1 Å². The molecular formula is C23H27N3O2. The van der Waals surface area contributed by atoms with Crippen LogP contribution in [0.1, 0.15) is 36.3 Å². The van der Waals surface area contributed by atoms with Crippen molar-refractivity contribution in [3.8, 4) is 5.75 Å².